The van der Waals surface area contributed by atoms with E-state index in [9.17, 15) is 0 Å². The second-order valence-electron chi connectivity index (χ2n) is 14.8. The number of benzene rings is 9. The van der Waals surface area contributed by atoms with E-state index in [1.54, 1.807) is 0 Å². The molecule has 59 heavy (non-hydrogen) atoms. The fraction of sp³-hybridized carbons (Fsp3) is 0.0175. The van der Waals surface area contributed by atoms with E-state index in [1.165, 1.54) is 75.1 Å². The summed E-state index contributed by atoms with van der Waals surface area (Å²) in [4.78, 5) is 2.41. The molecule has 0 amide bonds. The van der Waals surface area contributed by atoms with Crippen LogP contribution in [0.1, 0.15) is 12.5 Å². The van der Waals surface area contributed by atoms with Gasteiger partial charge in [0, 0.05) is 42.7 Å². The van der Waals surface area contributed by atoms with Gasteiger partial charge in [-0.05, 0) is 92.2 Å². The Morgan fingerprint density at radius 1 is 0.475 bits per heavy atom. The molecule has 0 saturated heterocycles. The van der Waals surface area contributed by atoms with Crippen LogP contribution in [0.15, 0.2) is 231 Å². The van der Waals surface area contributed by atoms with Crippen LogP contribution < -0.4 is 4.90 Å². The summed E-state index contributed by atoms with van der Waals surface area (Å²) in [6.45, 7) is 6.46. The van der Waals surface area contributed by atoms with Crippen LogP contribution in [0.2, 0.25) is 0 Å². The van der Waals surface area contributed by atoms with E-state index in [4.69, 9.17) is 0 Å². The van der Waals surface area contributed by atoms with Crippen LogP contribution in [-0.2, 0) is 0 Å². The third-order valence-corrected chi connectivity index (χ3v) is 12.7. The predicted octanol–water partition coefficient (Wildman–Crippen LogP) is 16.7. The molecule has 9 aromatic carbocycles. The minimum atomic E-state index is 1.05. The van der Waals surface area contributed by atoms with Crippen molar-refractivity contribution >= 4 is 70.0 Å². The molecule has 10 rings (SSSR count). The van der Waals surface area contributed by atoms with Crippen LogP contribution in [-0.4, -0.2) is 0 Å². The Bertz CT molecular complexity index is 3220. The van der Waals surface area contributed by atoms with Gasteiger partial charge in [-0.25, -0.2) is 0 Å². The Balaban J connectivity index is 1.10. The van der Waals surface area contributed by atoms with Crippen molar-refractivity contribution in [2.75, 3.05) is 4.90 Å². The molecule has 1 heterocycles. The van der Waals surface area contributed by atoms with E-state index in [0.29, 0.717) is 0 Å². The van der Waals surface area contributed by atoms with Gasteiger partial charge in [-0.1, -0.05) is 195 Å². The van der Waals surface area contributed by atoms with E-state index < -0.39 is 0 Å². The van der Waals surface area contributed by atoms with Gasteiger partial charge in [0.1, 0.15) is 0 Å². The Kier molecular flexibility index (Phi) is 9.54. The molecule has 0 bridgehead atoms. The summed E-state index contributed by atoms with van der Waals surface area (Å²) in [7, 11) is 0. The summed E-state index contributed by atoms with van der Waals surface area (Å²) in [5, 5.41) is 7.52. The molecule has 1 nitrogen and oxygen atoms in total. The number of para-hydroxylation sites is 1. The molecule has 0 aliphatic rings. The van der Waals surface area contributed by atoms with E-state index >= 15 is 0 Å². The Morgan fingerprint density at radius 2 is 1.02 bits per heavy atom. The number of thiophene rings is 1. The van der Waals surface area contributed by atoms with Gasteiger partial charge in [0.05, 0.1) is 5.69 Å². The van der Waals surface area contributed by atoms with Crippen molar-refractivity contribution in [2.24, 2.45) is 0 Å². The Hall–Kier alpha value is -7.26. The van der Waals surface area contributed by atoms with E-state index in [-0.39, 0.29) is 0 Å². The molecule has 0 fully saturated rings. The lowest BCUT2D eigenvalue weighted by atomic mass is 9.95. The van der Waals surface area contributed by atoms with Gasteiger partial charge in [-0.2, -0.15) is 0 Å². The van der Waals surface area contributed by atoms with Gasteiger partial charge in [-0.15, -0.1) is 11.3 Å². The highest BCUT2D eigenvalue weighted by Crippen LogP contribution is 2.45. The molecule has 0 unspecified atom stereocenters. The molecule has 0 radical (unpaired) electrons. The van der Waals surface area contributed by atoms with Crippen molar-refractivity contribution in [2.45, 2.75) is 6.92 Å². The smallest absolute Gasteiger partial charge is 0.0540 e. The van der Waals surface area contributed by atoms with Crippen molar-refractivity contribution < 1.29 is 0 Å². The summed E-state index contributed by atoms with van der Waals surface area (Å²) in [5.74, 6) is 0. The van der Waals surface area contributed by atoms with Crippen molar-refractivity contribution in [1.29, 1.82) is 0 Å². The fourth-order valence-electron chi connectivity index (χ4n) is 8.57. The zero-order valence-corrected chi connectivity index (χ0v) is 33.7. The zero-order chi connectivity index (χ0) is 39.7. The van der Waals surface area contributed by atoms with Crippen LogP contribution in [0.5, 0.6) is 0 Å². The van der Waals surface area contributed by atoms with Crippen molar-refractivity contribution in [1.82, 2.24) is 0 Å². The lowest BCUT2D eigenvalue weighted by molar-refractivity contribution is 1.20. The number of allylic oxidation sites excluding steroid dienone is 4. The van der Waals surface area contributed by atoms with E-state index in [1.807, 2.05) is 17.4 Å². The van der Waals surface area contributed by atoms with Crippen molar-refractivity contribution in [3.8, 4) is 33.4 Å². The first kappa shape index (κ1) is 36.1. The summed E-state index contributed by atoms with van der Waals surface area (Å²) in [6.07, 6.45) is 6.48. The second-order valence-corrected chi connectivity index (χ2v) is 15.9. The van der Waals surface area contributed by atoms with Gasteiger partial charge in [0.15, 0.2) is 0 Å². The number of fused-ring (bicyclic) bond motifs is 5. The number of rotatable bonds is 9. The number of hydrogen-bond acceptors (Lipinski definition) is 2. The van der Waals surface area contributed by atoms with E-state index in [2.05, 4.69) is 231 Å². The normalized spacial score (nSPS) is 12.1. The Morgan fingerprint density at radius 3 is 1.78 bits per heavy atom. The van der Waals surface area contributed by atoms with Crippen LogP contribution in [0.4, 0.5) is 11.4 Å². The zero-order valence-electron chi connectivity index (χ0n) is 32.8. The van der Waals surface area contributed by atoms with Crippen LogP contribution >= 0.6 is 11.3 Å². The van der Waals surface area contributed by atoms with E-state index in [0.717, 1.165) is 28.2 Å². The summed E-state index contributed by atoms with van der Waals surface area (Å²) in [5.41, 5.74) is 12.7. The average molecular weight is 772 g/mol. The molecular weight excluding hydrogens is 731 g/mol. The van der Waals surface area contributed by atoms with Crippen LogP contribution in [0.25, 0.3) is 80.7 Å². The summed E-state index contributed by atoms with van der Waals surface area (Å²) >= 11 is 1.87. The monoisotopic (exact) mass is 771 g/mol. The fourth-order valence-corrected chi connectivity index (χ4v) is 9.80. The maximum atomic E-state index is 4.33. The topological polar surface area (TPSA) is 3.24 Å². The first-order chi connectivity index (χ1) is 29.2. The molecule has 0 aliphatic carbocycles. The molecule has 0 N–H and O–H groups in total. The highest BCUT2D eigenvalue weighted by Gasteiger charge is 2.21. The average Bonchev–Trinajstić information content (AvgIpc) is 3.69. The molecular formula is C57H41NS. The highest BCUT2D eigenvalue weighted by atomic mass is 32.1. The third kappa shape index (κ3) is 6.64. The number of anilines is 2. The largest absolute Gasteiger partial charge is 0.310 e. The quantitative estimate of drug-likeness (QED) is 0.132. The maximum Gasteiger partial charge on any atom is 0.0540 e. The lowest BCUT2D eigenvalue weighted by Crippen LogP contribution is -2.16. The first-order valence-corrected chi connectivity index (χ1v) is 21.0. The third-order valence-electron chi connectivity index (χ3n) is 11.5. The standard InChI is InChI=1S/C57H41NS/c1-3-39(47-24-13-18-42-16-5-7-20-48(42)47)38-45(4-2)58(55-28-11-9-22-51(55)53-26-15-27-54-52-23-10-12-29-56(52)59-57(53)54)46-36-34-41(35-37-46)40-30-32-44(33-31-40)50-25-14-19-43-17-6-8-21-49(43)50/h3-38H,1H2,2H3/b39-38+,45-4+. The molecule has 0 aliphatic heterocycles. The molecule has 1 aromatic heterocycles. The molecule has 280 valence electrons. The molecule has 0 saturated carbocycles. The van der Waals surface area contributed by atoms with Gasteiger partial charge in [-0.3, -0.25) is 0 Å². The minimum absolute atomic E-state index is 1.05. The highest BCUT2D eigenvalue weighted by molar-refractivity contribution is 7.26. The predicted molar refractivity (Wildman–Crippen MR) is 258 cm³/mol. The van der Waals surface area contributed by atoms with Crippen molar-refractivity contribution in [3.05, 3.63) is 236 Å². The maximum absolute atomic E-state index is 4.33. The Labute approximate surface area is 349 Å². The summed E-state index contributed by atoms with van der Waals surface area (Å²) in [6, 6.07) is 72.5. The molecule has 0 atom stereocenters. The molecule has 0 spiro atoms. The SMILES string of the molecule is C=C/C(=C\C(=C/C)N(c1ccc(-c2ccc(-c3cccc4ccccc34)cc2)cc1)c1ccccc1-c1cccc2c1sc1ccccc12)c1cccc2ccccc12. The number of hydrogen-bond donors (Lipinski definition) is 0. The van der Waals surface area contributed by atoms with Gasteiger partial charge in [0.2, 0.25) is 0 Å². The molecule has 10 aromatic rings. The van der Waals surface area contributed by atoms with Crippen LogP contribution in [0.3, 0.4) is 0 Å². The molecule has 2 heteroatoms. The van der Waals surface area contributed by atoms with Crippen molar-refractivity contribution in [3.63, 3.8) is 0 Å². The van der Waals surface area contributed by atoms with Crippen LogP contribution in [0, 0.1) is 0 Å². The summed E-state index contributed by atoms with van der Waals surface area (Å²) < 4.78 is 2.59. The number of nitrogens with zero attached hydrogens (tertiary/aromatic N) is 1. The lowest BCUT2D eigenvalue weighted by Gasteiger charge is -2.29. The van der Waals surface area contributed by atoms with Gasteiger partial charge in [0.25, 0.3) is 0 Å². The van der Waals surface area contributed by atoms with Gasteiger partial charge >= 0.3 is 0 Å². The first-order valence-electron chi connectivity index (χ1n) is 20.2. The van der Waals surface area contributed by atoms with Gasteiger partial charge < -0.3 is 4.90 Å². The minimum Gasteiger partial charge on any atom is -0.310 e. The second kappa shape index (κ2) is 15.6.